The number of amides is 1. The number of nitrogens with zero attached hydrogens (tertiary/aromatic N) is 7. The molecule has 1 aromatic carbocycles. The summed E-state index contributed by atoms with van der Waals surface area (Å²) in [6, 6.07) is 9.48. The third-order valence-corrected chi connectivity index (χ3v) is 9.79. The molecule has 2 saturated heterocycles. The van der Waals surface area contributed by atoms with Gasteiger partial charge in [-0.05, 0) is 97.4 Å². The largest absolute Gasteiger partial charge is 0.309 e. The van der Waals surface area contributed by atoms with Crippen molar-refractivity contribution in [3.63, 3.8) is 0 Å². The van der Waals surface area contributed by atoms with Crippen LogP contribution >= 0.6 is 15.9 Å². The average molecular weight is 686 g/mol. The lowest BCUT2D eigenvalue weighted by Crippen LogP contribution is -2.45. The molecule has 0 unspecified atom stereocenters. The molecular formula is C35H41BrN8O2. The predicted octanol–water partition coefficient (Wildman–Crippen LogP) is 5.84. The van der Waals surface area contributed by atoms with Crippen LogP contribution in [0.15, 0.2) is 60.0 Å². The van der Waals surface area contributed by atoms with E-state index in [-0.39, 0.29) is 29.7 Å². The molecule has 4 aromatic rings. The zero-order chi connectivity index (χ0) is 32.4. The number of aromatic nitrogens is 5. The normalized spacial score (nSPS) is 20.7. The number of hydrogen-bond acceptors (Lipinski definition) is 8. The summed E-state index contributed by atoms with van der Waals surface area (Å²) in [6.07, 6.45) is 10.0. The number of fused-ring (bicyclic) bond motifs is 1. The number of carbonyl (C=O) groups is 2. The van der Waals surface area contributed by atoms with Crippen LogP contribution in [0.25, 0.3) is 22.0 Å². The summed E-state index contributed by atoms with van der Waals surface area (Å²) in [5.41, 5.74) is 4.01. The molecule has 0 spiro atoms. The topological polar surface area (TPSA) is 109 Å². The summed E-state index contributed by atoms with van der Waals surface area (Å²) in [7, 11) is 0. The molecule has 11 heteroatoms. The van der Waals surface area contributed by atoms with E-state index in [1.165, 1.54) is 19.3 Å². The number of carbonyl (C=O) groups excluding carboxylic acids is 2. The molecule has 0 radical (unpaired) electrons. The molecule has 6 rings (SSSR count). The number of anilines is 1. The first-order chi connectivity index (χ1) is 22.2. The molecule has 46 heavy (non-hydrogen) atoms. The summed E-state index contributed by atoms with van der Waals surface area (Å²) in [5, 5.41) is 8.69. The maximum absolute atomic E-state index is 14.0. The third-order valence-electron chi connectivity index (χ3n) is 9.35. The average Bonchev–Trinajstić information content (AvgIpc) is 3.60. The van der Waals surface area contributed by atoms with Gasteiger partial charge in [0, 0.05) is 49.4 Å². The minimum absolute atomic E-state index is 0.0245. The van der Waals surface area contributed by atoms with Crippen molar-refractivity contribution in [3.8, 4) is 11.1 Å². The first-order valence-electron chi connectivity index (χ1n) is 16.1. The number of likely N-dealkylation sites (tertiary alicyclic amines) is 2. The van der Waals surface area contributed by atoms with Crippen LogP contribution in [0.5, 0.6) is 0 Å². The molecular weight excluding hydrogens is 644 g/mol. The number of benzene rings is 1. The van der Waals surface area contributed by atoms with Crippen molar-refractivity contribution in [1.29, 1.82) is 0 Å². The third kappa shape index (κ3) is 6.82. The zero-order valence-electron chi connectivity index (χ0n) is 26.7. The first-order valence-corrected chi connectivity index (χ1v) is 16.9. The summed E-state index contributed by atoms with van der Waals surface area (Å²) >= 11 is 3.44. The molecule has 1 N–H and O–H groups in total. The number of nitrogens with one attached hydrogen (secondary N) is 1. The van der Waals surface area contributed by atoms with Crippen LogP contribution in [0.3, 0.4) is 0 Å². The van der Waals surface area contributed by atoms with Crippen molar-refractivity contribution >= 4 is 44.3 Å². The van der Waals surface area contributed by atoms with E-state index >= 15 is 0 Å². The number of hydrogen-bond donors (Lipinski definition) is 1. The highest BCUT2D eigenvalue weighted by molar-refractivity contribution is 9.10. The van der Waals surface area contributed by atoms with Gasteiger partial charge in [-0.3, -0.25) is 19.2 Å². The molecule has 5 heterocycles. The Morgan fingerprint density at radius 2 is 1.80 bits per heavy atom. The maximum Gasteiger partial charge on any atom is 0.242 e. The molecule has 3 atom stereocenters. The van der Waals surface area contributed by atoms with Crippen LogP contribution in [0, 0.1) is 19.8 Å². The fourth-order valence-corrected chi connectivity index (χ4v) is 7.27. The SMILES string of the molecule is C=C[C@@H]1[C@@H](CN2CCCCC2)C[C@@H](C(=O)Nc2nc(Br)ccc2C)N1CCn1nc(C(C)=O)c2cc(-c3cnc(C)nc3)ccc21. The van der Waals surface area contributed by atoms with E-state index in [2.05, 4.69) is 52.6 Å². The van der Waals surface area contributed by atoms with Gasteiger partial charge in [-0.2, -0.15) is 5.10 Å². The lowest BCUT2D eigenvalue weighted by atomic mass is 9.96. The highest BCUT2D eigenvalue weighted by atomic mass is 79.9. The quantitative estimate of drug-likeness (QED) is 0.126. The van der Waals surface area contributed by atoms with E-state index < -0.39 is 0 Å². The Kier molecular flexibility index (Phi) is 9.72. The Bertz CT molecular complexity index is 1750. The second-order valence-electron chi connectivity index (χ2n) is 12.5. The highest BCUT2D eigenvalue weighted by Crippen LogP contribution is 2.34. The molecule has 0 saturated carbocycles. The fraction of sp³-hybridized carbons (Fsp3) is 0.429. The molecule has 240 valence electrons. The van der Waals surface area contributed by atoms with Gasteiger partial charge in [-0.25, -0.2) is 15.0 Å². The molecule has 0 bridgehead atoms. The van der Waals surface area contributed by atoms with Gasteiger partial charge in [0.15, 0.2) is 5.78 Å². The van der Waals surface area contributed by atoms with E-state index in [1.54, 1.807) is 19.3 Å². The summed E-state index contributed by atoms with van der Waals surface area (Å²) in [4.78, 5) is 44.7. The molecule has 10 nitrogen and oxygen atoms in total. The highest BCUT2D eigenvalue weighted by Gasteiger charge is 2.43. The number of ketones is 1. The van der Waals surface area contributed by atoms with Crippen molar-refractivity contribution in [2.24, 2.45) is 5.92 Å². The zero-order valence-corrected chi connectivity index (χ0v) is 28.3. The minimum Gasteiger partial charge on any atom is -0.309 e. The number of aryl methyl sites for hydroxylation is 2. The van der Waals surface area contributed by atoms with Crippen LogP contribution in [-0.4, -0.2) is 84.5 Å². The van der Waals surface area contributed by atoms with Crippen LogP contribution in [0.1, 0.15) is 54.5 Å². The van der Waals surface area contributed by atoms with Crippen LogP contribution in [0.2, 0.25) is 0 Å². The number of halogens is 1. The van der Waals surface area contributed by atoms with E-state index in [4.69, 9.17) is 5.10 Å². The van der Waals surface area contributed by atoms with Crippen molar-refractivity contribution in [2.75, 3.05) is 31.5 Å². The van der Waals surface area contributed by atoms with Crippen LogP contribution in [-0.2, 0) is 11.3 Å². The lowest BCUT2D eigenvalue weighted by molar-refractivity contribution is -0.120. The van der Waals surface area contributed by atoms with E-state index in [9.17, 15) is 9.59 Å². The van der Waals surface area contributed by atoms with Gasteiger partial charge in [0.2, 0.25) is 5.91 Å². The predicted molar refractivity (Wildman–Crippen MR) is 184 cm³/mol. The Hall–Kier alpha value is -3.80. The van der Waals surface area contributed by atoms with Gasteiger partial charge in [-0.1, -0.05) is 24.6 Å². The second-order valence-corrected chi connectivity index (χ2v) is 13.3. The van der Waals surface area contributed by atoms with E-state index in [0.717, 1.165) is 53.6 Å². The van der Waals surface area contributed by atoms with Gasteiger partial charge < -0.3 is 10.2 Å². The van der Waals surface area contributed by atoms with Crippen LogP contribution in [0.4, 0.5) is 5.82 Å². The molecule has 3 aromatic heterocycles. The Balaban J connectivity index is 1.28. The molecule has 0 aliphatic carbocycles. The molecule has 2 fully saturated rings. The van der Waals surface area contributed by atoms with Gasteiger partial charge in [0.05, 0.1) is 18.1 Å². The number of pyridine rings is 1. The van der Waals surface area contributed by atoms with Crippen molar-refractivity contribution in [3.05, 3.63) is 77.1 Å². The standard InChI is InChI=1S/C35H41BrN8O2/c1-5-29-26(21-42-13-7-6-8-14-42)18-31(35(46)40-34-22(2)9-12-32(36)39-34)43(29)15-16-44-30-11-10-25(27-19-37-24(4)38-20-27)17-28(30)33(41-44)23(3)45/h5,9-12,17,19-20,26,29,31H,1,6-8,13-16,18,21H2,2-4H3,(H,39,40,46)/t26-,29-,31+/m1/s1. The van der Waals surface area contributed by atoms with Gasteiger partial charge in [0.1, 0.15) is 21.9 Å². The number of piperidine rings is 1. The summed E-state index contributed by atoms with van der Waals surface area (Å²) in [6.45, 7) is 13.8. The summed E-state index contributed by atoms with van der Waals surface area (Å²) < 4.78 is 2.57. The minimum atomic E-state index is -0.361. The van der Waals surface area contributed by atoms with E-state index in [1.807, 2.05) is 54.9 Å². The van der Waals surface area contributed by atoms with Gasteiger partial charge in [-0.15, -0.1) is 6.58 Å². The lowest BCUT2D eigenvalue weighted by Gasteiger charge is -2.32. The molecule has 2 aliphatic heterocycles. The van der Waals surface area contributed by atoms with Gasteiger partial charge >= 0.3 is 0 Å². The molecule has 1 amide bonds. The van der Waals surface area contributed by atoms with Crippen molar-refractivity contribution < 1.29 is 9.59 Å². The van der Waals surface area contributed by atoms with Crippen molar-refractivity contribution in [2.45, 2.75) is 65.1 Å². The molecule has 2 aliphatic rings. The second kappa shape index (κ2) is 13.9. The monoisotopic (exact) mass is 684 g/mol. The Labute approximate surface area is 278 Å². The van der Waals surface area contributed by atoms with Crippen LogP contribution < -0.4 is 5.32 Å². The maximum atomic E-state index is 14.0. The number of Topliss-reactive ketones (excluding diaryl/α,β-unsaturated/α-hetero) is 1. The number of rotatable bonds is 10. The Morgan fingerprint density at radius 3 is 2.52 bits per heavy atom. The summed E-state index contributed by atoms with van der Waals surface area (Å²) in [5.74, 6) is 1.37. The van der Waals surface area contributed by atoms with Gasteiger partial charge in [0.25, 0.3) is 0 Å². The van der Waals surface area contributed by atoms with Crippen molar-refractivity contribution in [1.82, 2.24) is 34.5 Å². The van der Waals surface area contributed by atoms with E-state index in [0.29, 0.717) is 35.0 Å². The first kappa shape index (κ1) is 32.2. The fourth-order valence-electron chi connectivity index (χ4n) is 6.96. The Morgan fingerprint density at radius 1 is 1.04 bits per heavy atom. The smallest absolute Gasteiger partial charge is 0.242 e.